The molecule has 2 rings (SSSR count). The van der Waals surface area contributed by atoms with Crippen LogP contribution in [-0.2, 0) is 0 Å². The van der Waals surface area contributed by atoms with E-state index in [2.05, 4.69) is 4.98 Å². The van der Waals surface area contributed by atoms with Gasteiger partial charge in [0.15, 0.2) is 17.1 Å². The van der Waals surface area contributed by atoms with Gasteiger partial charge in [0.2, 0.25) is 0 Å². The van der Waals surface area contributed by atoms with Gasteiger partial charge in [-0.25, -0.2) is 4.98 Å². The molecular weight excluding hydrogens is 238 g/mol. The Morgan fingerprint density at radius 3 is 3.00 bits per heavy atom. The second-order valence-corrected chi connectivity index (χ2v) is 4.88. The molecule has 0 amide bonds. The number of hydrogen-bond donors (Lipinski definition) is 1. The van der Waals surface area contributed by atoms with Crippen LogP contribution < -0.4 is 4.90 Å². The van der Waals surface area contributed by atoms with Gasteiger partial charge in [-0.3, -0.25) is 9.20 Å². The third kappa shape index (κ3) is 2.05. The Kier molecular flexibility index (Phi) is 3.44. The lowest BCUT2D eigenvalue weighted by Crippen LogP contribution is -2.34. The fourth-order valence-corrected chi connectivity index (χ4v) is 2.55. The number of imidazole rings is 1. The van der Waals surface area contributed by atoms with E-state index in [-0.39, 0.29) is 12.6 Å². The summed E-state index contributed by atoms with van der Waals surface area (Å²) in [5.41, 5.74) is 0.545. The van der Waals surface area contributed by atoms with Gasteiger partial charge in [0.1, 0.15) is 5.69 Å². The first kappa shape index (κ1) is 12.1. The third-order valence-corrected chi connectivity index (χ3v) is 3.38. The van der Waals surface area contributed by atoms with E-state index in [1.54, 1.807) is 4.40 Å². The topological polar surface area (TPSA) is 57.8 Å². The van der Waals surface area contributed by atoms with Crippen LogP contribution in [0.15, 0.2) is 11.6 Å². The van der Waals surface area contributed by atoms with Crippen LogP contribution in [0.2, 0.25) is 0 Å². The molecule has 0 bridgehead atoms. The molecular formula is C11H15N3O2S. The van der Waals surface area contributed by atoms with Crippen LogP contribution in [0.5, 0.6) is 0 Å². The molecule has 6 heteroatoms. The molecule has 0 saturated heterocycles. The largest absolute Gasteiger partial charge is 0.395 e. The molecule has 0 aliphatic rings. The predicted molar refractivity (Wildman–Crippen MR) is 68.0 cm³/mol. The van der Waals surface area contributed by atoms with E-state index >= 15 is 0 Å². The number of aliphatic hydroxyl groups is 1. The van der Waals surface area contributed by atoms with Crippen molar-refractivity contribution in [3.8, 4) is 0 Å². The summed E-state index contributed by atoms with van der Waals surface area (Å²) in [5, 5.41) is 11.0. The number of fused-ring (bicyclic) bond motifs is 1. The average molecular weight is 253 g/mol. The number of anilines is 1. The van der Waals surface area contributed by atoms with Crippen LogP contribution >= 0.6 is 11.3 Å². The van der Waals surface area contributed by atoms with Crippen molar-refractivity contribution in [1.82, 2.24) is 9.38 Å². The number of hydrogen-bond acceptors (Lipinski definition) is 5. The number of aliphatic hydroxyl groups excluding tert-OH is 1. The number of rotatable bonds is 5. The summed E-state index contributed by atoms with van der Waals surface area (Å²) in [6, 6.07) is 0.186. The van der Waals surface area contributed by atoms with Crippen LogP contribution in [0, 0.1) is 0 Å². The highest BCUT2D eigenvalue weighted by atomic mass is 32.1. The molecule has 0 radical (unpaired) electrons. The number of nitrogens with zero attached hydrogens (tertiary/aromatic N) is 3. The van der Waals surface area contributed by atoms with E-state index in [1.807, 2.05) is 30.3 Å². The van der Waals surface area contributed by atoms with Crippen molar-refractivity contribution in [1.29, 1.82) is 0 Å². The van der Waals surface area contributed by atoms with E-state index in [4.69, 9.17) is 5.11 Å². The number of thiazole rings is 1. The highest BCUT2D eigenvalue weighted by Crippen LogP contribution is 2.24. The lowest BCUT2D eigenvalue weighted by molar-refractivity contribution is 0.111. The van der Waals surface area contributed by atoms with Gasteiger partial charge >= 0.3 is 0 Å². The van der Waals surface area contributed by atoms with Gasteiger partial charge in [-0.1, -0.05) is 0 Å². The standard InChI is InChI=1S/C11H15N3O2S/c1-8(2)13(3-5-15)10-9(7-16)14-4-6-17-11(14)12-10/h4,6-8,15H,3,5H2,1-2H3. The van der Waals surface area contributed by atoms with E-state index in [1.165, 1.54) is 11.3 Å². The van der Waals surface area contributed by atoms with Crippen molar-refractivity contribution in [3.63, 3.8) is 0 Å². The number of aldehydes is 1. The van der Waals surface area contributed by atoms with Gasteiger partial charge in [-0.05, 0) is 13.8 Å². The van der Waals surface area contributed by atoms with Crippen molar-refractivity contribution in [2.75, 3.05) is 18.1 Å². The maximum absolute atomic E-state index is 11.2. The predicted octanol–water partition coefficient (Wildman–Crippen LogP) is 1.42. The maximum atomic E-state index is 11.2. The Labute approximate surface area is 103 Å². The molecule has 0 atom stereocenters. The van der Waals surface area contributed by atoms with Gasteiger partial charge in [-0.2, -0.15) is 0 Å². The van der Waals surface area contributed by atoms with Crippen molar-refractivity contribution in [2.24, 2.45) is 0 Å². The summed E-state index contributed by atoms with van der Waals surface area (Å²) < 4.78 is 1.78. The van der Waals surface area contributed by atoms with Gasteiger partial charge in [0.25, 0.3) is 0 Å². The Morgan fingerprint density at radius 1 is 1.65 bits per heavy atom. The number of aromatic nitrogens is 2. The first-order valence-electron chi connectivity index (χ1n) is 5.47. The maximum Gasteiger partial charge on any atom is 0.196 e. The molecule has 5 nitrogen and oxygen atoms in total. The lowest BCUT2D eigenvalue weighted by atomic mass is 10.3. The first-order valence-corrected chi connectivity index (χ1v) is 6.35. The first-order chi connectivity index (χ1) is 8.19. The fourth-order valence-electron chi connectivity index (χ4n) is 1.83. The minimum atomic E-state index is 0.0433. The van der Waals surface area contributed by atoms with Crippen molar-refractivity contribution in [3.05, 3.63) is 17.3 Å². The van der Waals surface area contributed by atoms with Crippen molar-refractivity contribution >= 4 is 28.4 Å². The zero-order valence-electron chi connectivity index (χ0n) is 9.83. The van der Waals surface area contributed by atoms with Crippen molar-refractivity contribution in [2.45, 2.75) is 19.9 Å². The van der Waals surface area contributed by atoms with Gasteiger partial charge < -0.3 is 10.0 Å². The van der Waals surface area contributed by atoms with Crippen LogP contribution in [0.4, 0.5) is 5.82 Å². The van der Waals surface area contributed by atoms with E-state index in [0.29, 0.717) is 18.1 Å². The molecule has 1 N–H and O–H groups in total. The summed E-state index contributed by atoms with van der Waals surface area (Å²) >= 11 is 1.49. The highest BCUT2D eigenvalue weighted by Gasteiger charge is 2.20. The molecule has 2 heterocycles. The van der Waals surface area contributed by atoms with Gasteiger partial charge in [0, 0.05) is 24.2 Å². The molecule has 0 saturated carbocycles. The van der Waals surface area contributed by atoms with E-state index in [9.17, 15) is 4.79 Å². The van der Waals surface area contributed by atoms with Gasteiger partial charge in [0.05, 0.1) is 6.61 Å². The Hall–Kier alpha value is -1.40. The Bertz CT molecular complexity index is 518. The lowest BCUT2D eigenvalue weighted by Gasteiger charge is -2.26. The quantitative estimate of drug-likeness (QED) is 0.819. The van der Waals surface area contributed by atoms with Crippen molar-refractivity contribution < 1.29 is 9.90 Å². The monoisotopic (exact) mass is 253 g/mol. The fraction of sp³-hybridized carbons (Fsp3) is 0.455. The normalized spacial score (nSPS) is 11.3. The molecule has 0 aromatic carbocycles. The summed E-state index contributed by atoms with van der Waals surface area (Å²) in [7, 11) is 0. The molecule has 0 unspecified atom stereocenters. The molecule has 2 aromatic heterocycles. The van der Waals surface area contributed by atoms with Crippen LogP contribution in [-0.4, -0.2) is 40.0 Å². The molecule has 2 aromatic rings. The minimum absolute atomic E-state index is 0.0433. The number of carbonyl (C=O) groups excluding carboxylic acids is 1. The second-order valence-electron chi connectivity index (χ2n) is 4.00. The summed E-state index contributed by atoms with van der Waals surface area (Å²) in [6.45, 7) is 4.54. The molecule has 17 heavy (non-hydrogen) atoms. The SMILES string of the molecule is CC(C)N(CCO)c1nc2sccn2c1C=O. The zero-order valence-corrected chi connectivity index (χ0v) is 10.6. The van der Waals surface area contributed by atoms with Gasteiger partial charge in [-0.15, -0.1) is 11.3 Å². The minimum Gasteiger partial charge on any atom is -0.395 e. The van der Waals surface area contributed by atoms with Crippen LogP contribution in [0.3, 0.4) is 0 Å². The van der Waals surface area contributed by atoms with Crippen LogP contribution in [0.25, 0.3) is 4.96 Å². The van der Waals surface area contributed by atoms with Crippen LogP contribution in [0.1, 0.15) is 24.3 Å². The third-order valence-electron chi connectivity index (χ3n) is 2.63. The summed E-state index contributed by atoms with van der Waals surface area (Å²) in [5.74, 6) is 0.649. The summed E-state index contributed by atoms with van der Waals surface area (Å²) in [6.07, 6.45) is 2.65. The molecule has 0 fully saturated rings. The highest BCUT2D eigenvalue weighted by molar-refractivity contribution is 7.15. The average Bonchev–Trinajstić information content (AvgIpc) is 2.84. The second kappa shape index (κ2) is 4.85. The van der Waals surface area contributed by atoms with E-state index < -0.39 is 0 Å². The molecule has 0 spiro atoms. The zero-order chi connectivity index (χ0) is 12.4. The summed E-state index contributed by atoms with van der Waals surface area (Å²) in [4.78, 5) is 18.4. The number of carbonyl (C=O) groups is 1. The molecule has 0 aliphatic heterocycles. The Balaban J connectivity index is 2.51. The molecule has 0 aliphatic carbocycles. The molecule has 92 valence electrons. The van der Waals surface area contributed by atoms with E-state index in [0.717, 1.165) is 11.2 Å². The smallest absolute Gasteiger partial charge is 0.196 e. The Morgan fingerprint density at radius 2 is 2.41 bits per heavy atom.